The number of thiazole rings is 1. The number of rotatable bonds is 6. The SMILES string of the molecule is O=C(O)c1nc(CNCC2(CO)CCCCC2)cs1. The maximum Gasteiger partial charge on any atom is 0.365 e. The van der Waals surface area contributed by atoms with Crippen LogP contribution in [0.2, 0.25) is 0 Å². The smallest absolute Gasteiger partial charge is 0.365 e. The Morgan fingerprint density at radius 2 is 2.16 bits per heavy atom. The molecule has 0 saturated heterocycles. The van der Waals surface area contributed by atoms with Crippen molar-refractivity contribution in [2.45, 2.75) is 38.6 Å². The fourth-order valence-electron chi connectivity index (χ4n) is 2.63. The molecule has 1 heterocycles. The summed E-state index contributed by atoms with van der Waals surface area (Å²) in [5.41, 5.74) is 0.760. The lowest BCUT2D eigenvalue weighted by Gasteiger charge is -2.35. The molecule has 1 aromatic rings. The van der Waals surface area contributed by atoms with E-state index in [4.69, 9.17) is 5.11 Å². The quantitative estimate of drug-likeness (QED) is 0.743. The molecule has 5 nitrogen and oxygen atoms in total. The zero-order chi connectivity index (χ0) is 13.7. The van der Waals surface area contributed by atoms with Gasteiger partial charge in [0.1, 0.15) is 0 Å². The molecular formula is C13H20N2O3S. The molecule has 0 unspecified atom stereocenters. The van der Waals surface area contributed by atoms with Gasteiger partial charge in [0.05, 0.1) is 5.69 Å². The molecule has 1 fully saturated rings. The first kappa shape index (κ1) is 14.4. The topological polar surface area (TPSA) is 82.5 Å². The highest BCUT2D eigenvalue weighted by atomic mass is 32.1. The van der Waals surface area contributed by atoms with Gasteiger partial charge in [-0.1, -0.05) is 19.3 Å². The number of aliphatic hydroxyl groups is 1. The Hall–Kier alpha value is -0.980. The summed E-state index contributed by atoms with van der Waals surface area (Å²) in [4.78, 5) is 14.8. The first-order valence-electron chi connectivity index (χ1n) is 6.64. The summed E-state index contributed by atoms with van der Waals surface area (Å²) in [6, 6.07) is 0. The highest BCUT2D eigenvalue weighted by Crippen LogP contribution is 2.35. The third-order valence-electron chi connectivity index (χ3n) is 3.79. The predicted octanol–water partition coefficient (Wildman–Crippen LogP) is 1.87. The van der Waals surface area contributed by atoms with E-state index in [1.807, 2.05) is 0 Å². The molecular weight excluding hydrogens is 264 g/mol. The van der Waals surface area contributed by atoms with Crippen LogP contribution in [0.4, 0.5) is 0 Å². The Bertz CT molecular complexity index is 427. The minimum absolute atomic E-state index is 0.00387. The average Bonchev–Trinajstić information content (AvgIpc) is 2.89. The second-order valence-corrected chi connectivity index (χ2v) is 6.13. The number of aliphatic hydroxyl groups excluding tert-OH is 1. The van der Waals surface area contributed by atoms with Gasteiger partial charge < -0.3 is 15.5 Å². The molecule has 0 radical (unpaired) electrons. The first-order chi connectivity index (χ1) is 9.15. The number of aromatic carboxylic acids is 1. The summed E-state index contributed by atoms with van der Waals surface area (Å²) in [6.07, 6.45) is 5.75. The van der Waals surface area contributed by atoms with Crippen LogP contribution in [0, 0.1) is 5.41 Å². The molecule has 0 aliphatic heterocycles. The highest BCUT2D eigenvalue weighted by molar-refractivity contribution is 7.11. The van der Waals surface area contributed by atoms with E-state index in [1.54, 1.807) is 5.38 Å². The lowest BCUT2D eigenvalue weighted by Crippen LogP contribution is -2.38. The van der Waals surface area contributed by atoms with Gasteiger partial charge in [-0.15, -0.1) is 11.3 Å². The first-order valence-corrected chi connectivity index (χ1v) is 7.52. The van der Waals surface area contributed by atoms with E-state index in [2.05, 4.69) is 10.3 Å². The Morgan fingerprint density at radius 1 is 1.42 bits per heavy atom. The van der Waals surface area contributed by atoms with Gasteiger partial charge >= 0.3 is 5.97 Å². The number of carboxylic acids is 1. The van der Waals surface area contributed by atoms with Crippen LogP contribution in [0.1, 0.15) is 47.6 Å². The molecule has 2 rings (SSSR count). The largest absolute Gasteiger partial charge is 0.476 e. The number of aromatic nitrogens is 1. The molecule has 3 N–H and O–H groups in total. The van der Waals surface area contributed by atoms with Crippen LogP contribution in [0.15, 0.2) is 5.38 Å². The third-order valence-corrected chi connectivity index (χ3v) is 4.67. The minimum Gasteiger partial charge on any atom is -0.476 e. The lowest BCUT2D eigenvalue weighted by molar-refractivity contribution is 0.0696. The lowest BCUT2D eigenvalue weighted by atomic mass is 9.74. The van der Waals surface area contributed by atoms with Crippen LogP contribution >= 0.6 is 11.3 Å². The van der Waals surface area contributed by atoms with Crippen molar-refractivity contribution in [3.05, 3.63) is 16.1 Å². The Kier molecular flexibility index (Phi) is 4.90. The van der Waals surface area contributed by atoms with E-state index in [0.29, 0.717) is 6.54 Å². The summed E-state index contributed by atoms with van der Waals surface area (Å²) < 4.78 is 0. The molecule has 0 aromatic carbocycles. The van der Waals surface area contributed by atoms with Crippen molar-refractivity contribution in [2.24, 2.45) is 5.41 Å². The summed E-state index contributed by atoms with van der Waals surface area (Å²) in [5, 5.41) is 23.6. The van der Waals surface area contributed by atoms with Crippen LogP contribution in [0.3, 0.4) is 0 Å². The standard InChI is InChI=1S/C13H20N2O3S/c16-9-13(4-2-1-3-5-13)8-14-6-10-7-19-11(15-10)12(17)18/h7,14,16H,1-6,8-9H2,(H,17,18). The Morgan fingerprint density at radius 3 is 2.74 bits per heavy atom. The molecule has 0 amide bonds. The van der Waals surface area contributed by atoms with Crippen LogP contribution in [-0.2, 0) is 6.54 Å². The average molecular weight is 284 g/mol. The second-order valence-electron chi connectivity index (χ2n) is 5.27. The molecule has 1 saturated carbocycles. The maximum absolute atomic E-state index is 10.7. The third kappa shape index (κ3) is 3.75. The van der Waals surface area contributed by atoms with Crippen LogP contribution in [0.25, 0.3) is 0 Å². The Labute approximate surface area is 116 Å². The van der Waals surface area contributed by atoms with Crippen LogP contribution < -0.4 is 5.32 Å². The monoisotopic (exact) mass is 284 g/mol. The fourth-order valence-corrected chi connectivity index (χ4v) is 3.29. The molecule has 6 heteroatoms. The van der Waals surface area contributed by atoms with Gasteiger partial charge in [-0.3, -0.25) is 0 Å². The van der Waals surface area contributed by atoms with Gasteiger partial charge in [-0.25, -0.2) is 9.78 Å². The van der Waals surface area contributed by atoms with Crippen molar-refractivity contribution < 1.29 is 15.0 Å². The van der Waals surface area contributed by atoms with E-state index < -0.39 is 5.97 Å². The van der Waals surface area contributed by atoms with Crippen molar-refractivity contribution in [2.75, 3.05) is 13.2 Å². The van der Waals surface area contributed by atoms with Crippen LogP contribution in [0.5, 0.6) is 0 Å². The highest BCUT2D eigenvalue weighted by Gasteiger charge is 2.30. The van der Waals surface area contributed by atoms with Gasteiger partial charge in [0.25, 0.3) is 0 Å². The van der Waals surface area contributed by atoms with Gasteiger partial charge in [-0.2, -0.15) is 0 Å². The van der Waals surface area contributed by atoms with Crippen molar-refractivity contribution in [3.8, 4) is 0 Å². The number of hydrogen-bond donors (Lipinski definition) is 3. The fraction of sp³-hybridized carbons (Fsp3) is 0.692. The summed E-state index contributed by atoms with van der Waals surface area (Å²) >= 11 is 1.15. The van der Waals surface area contributed by atoms with E-state index in [0.717, 1.165) is 36.4 Å². The van der Waals surface area contributed by atoms with E-state index >= 15 is 0 Å². The summed E-state index contributed by atoms with van der Waals surface area (Å²) in [5.74, 6) is -0.977. The molecule has 1 aromatic heterocycles. The maximum atomic E-state index is 10.7. The molecule has 19 heavy (non-hydrogen) atoms. The number of carboxylic acid groups (broad SMARTS) is 1. The molecule has 1 aliphatic rings. The Balaban J connectivity index is 1.82. The van der Waals surface area contributed by atoms with E-state index in [-0.39, 0.29) is 17.0 Å². The van der Waals surface area contributed by atoms with Crippen molar-refractivity contribution in [1.82, 2.24) is 10.3 Å². The van der Waals surface area contributed by atoms with E-state index in [9.17, 15) is 9.90 Å². The number of nitrogens with one attached hydrogen (secondary N) is 1. The second kappa shape index (κ2) is 6.45. The van der Waals surface area contributed by atoms with Gasteiger partial charge in [-0.05, 0) is 12.8 Å². The zero-order valence-corrected chi connectivity index (χ0v) is 11.7. The predicted molar refractivity (Wildman–Crippen MR) is 73.4 cm³/mol. The molecule has 0 spiro atoms. The van der Waals surface area contributed by atoms with Gasteiger partial charge in [0.15, 0.2) is 0 Å². The van der Waals surface area contributed by atoms with Crippen LogP contribution in [-0.4, -0.2) is 34.3 Å². The molecule has 106 valence electrons. The molecule has 0 bridgehead atoms. The van der Waals surface area contributed by atoms with E-state index in [1.165, 1.54) is 19.3 Å². The summed E-state index contributed by atoms with van der Waals surface area (Å²) in [6.45, 7) is 1.55. The van der Waals surface area contributed by atoms with Crippen molar-refractivity contribution in [3.63, 3.8) is 0 Å². The van der Waals surface area contributed by atoms with Crippen molar-refractivity contribution >= 4 is 17.3 Å². The normalized spacial score (nSPS) is 18.4. The van der Waals surface area contributed by atoms with Crippen molar-refractivity contribution in [1.29, 1.82) is 0 Å². The summed E-state index contributed by atoms with van der Waals surface area (Å²) in [7, 11) is 0. The van der Waals surface area contributed by atoms with Gasteiger partial charge in [0, 0.05) is 30.5 Å². The molecule has 1 aliphatic carbocycles. The molecule has 0 atom stereocenters. The zero-order valence-electron chi connectivity index (χ0n) is 10.9. The number of nitrogens with zero attached hydrogens (tertiary/aromatic N) is 1. The number of carbonyl (C=O) groups is 1. The van der Waals surface area contributed by atoms with Gasteiger partial charge in [0.2, 0.25) is 5.01 Å². The number of hydrogen-bond acceptors (Lipinski definition) is 5. The minimum atomic E-state index is -0.977.